The molecule has 0 aliphatic heterocycles. The second-order valence-corrected chi connectivity index (χ2v) is 4.14. The predicted molar refractivity (Wildman–Crippen MR) is 73.4 cm³/mol. The molecule has 1 atom stereocenters. The third-order valence-electron chi connectivity index (χ3n) is 2.40. The molecular formula is C12H18Cl2N2O. The molecule has 0 fully saturated rings. The largest absolute Gasteiger partial charge is 0.337 e. The molecule has 0 radical (unpaired) electrons. The van der Waals surface area contributed by atoms with Gasteiger partial charge in [0.1, 0.15) is 0 Å². The Kier molecular flexibility index (Phi) is 7.19. The molecule has 2 N–H and O–H groups in total. The van der Waals surface area contributed by atoms with Gasteiger partial charge in [0.25, 0.3) is 0 Å². The van der Waals surface area contributed by atoms with Crippen LogP contribution in [0.15, 0.2) is 24.3 Å². The quantitative estimate of drug-likeness (QED) is 0.918. The van der Waals surface area contributed by atoms with E-state index in [1.165, 1.54) is 0 Å². The monoisotopic (exact) mass is 276 g/mol. The molecule has 0 heterocycles. The van der Waals surface area contributed by atoms with Crippen molar-refractivity contribution < 1.29 is 4.79 Å². The molecule has 0 saturated heterocycles. The van der Waals surface area contributed by atoms with Gasteiger partial charge < -0.3 is 10.6 Å². The first-order valence-electron chi connectivity index (χ1n) is 5.34. The summed E-state index contributed by atoms with van der Waals surface area (Å²) in [5, 5.41) is 0.679. The molecule has 0 saturated carbocycles. The summed E-state index contributed by atoms with van der Waals surface area (Å²) in [7, 11) is 0. The van der Waals surface area contributed by atoms with Crippen LogP contribution in [0, 0.1) is 0 Å². The Morgan fingerprint density at radius 3 is 2.53 bits per heavy atom. The zero-order chi connectivity index (χ0) is 12.1. The minimum Gasteiger partial charge on any atom is -0.337 e. The summed E-state index contributed by atoms with van der Waals surface area (Å²) in [5.74, 6) is -0.0533. The van der Waals surface area contributed by atoms with E-state index in [9.17, 15) is 4.79 Å². The normalized spacial score (nSPS) is 11.5. The zero-order valence-corrected chi connectivity index (χ0v) is 11.6. The van der Waals surface area contributed by atoms with Crippen molar-refractivity contribution in [3.05, 3.63) is 34.9 Å². The van der Waals surface area contributed by atoms with Gasteiger partial charge in [-0.15, -0.1) is 12.4 Å². The fourth-order valence-corrected chi connectivity index (χ4v) is 1.66. The number of halogens is 2. The number of amides is 1. The second-order valence-electron chi connectivity index (χ2n) is 3.73. The van der Waals surface area contributed by atoms with E-state index in [0.717, 1.165) is 5.56 Å². The van der Waals surface area contributed by atoms with Gasteiger partial charge in [0.15, 0.2) is 0 Å². The minimum atomic E-state index is -0.470. The molecule has 1 rings (SSSR count). The minimum absolute atomic E-state index is 0. The van der Waals surface area contributed by atoms with Gasteiger partial charge in [0, 0.05) is 18.1 Å². The molecule has 0 bridgehead atoms. The van der Waals surface area contributed by atoms with Crippen LogP contribution in [0.3, 0.4) is 0 Å². The molecule has 5 heteroatoms. The average molecular weight is 277 g/mol. The van der Waals surface area contributed by atoms with Gasteiger partial charge in [0.05, 0.1) is 6.04 Å². The van der Waals surface area contributed by atoms with E-state index in [2.05, 4.69) is 0 Å². The lowest BCUT2D eigenvalue weighted by atomic mass is 10.2. The van der Waals surface area contributed by atoms with Crippen molar-refractivity contribution in [1.82, 2.24) is 4.90 Å². The molecule has 0 aliphatic carbocycles. The summed E-state index contributed by atoms with van der Waals surface area (Å²) in [6, 6.07) is 7.05. The van der Waals surface area contributed by atoms with E-state index in [0.29, 0.717) is 18.1 Å². The van der Waals surface area contributed by atoms with E-state index < -0.39 is 6.04 Å². The molecule has 1 amide bonds. The van der Waals surface area contributed by atoms with Crippen LogP contribution >= 0.6 is 24.0 Å². The first-order chi connectivity index (χ1) is 7.56. The number of carbonyl (C=O) groups excluding carboxylic acids is 1. The Morgan fingerprint density at radius 1 is 1.47 bits per heavy atom. The Balaban J connectivity index is 0.00000256. The summed E-state index contributed by atoms with van der Waals surface area (Å²) in [5.41, 5.74) is 6.52. The lowest BCUT2D eigenvalue weighted by Crippen LogP contribution is -2.41. The second kappa shape index (κ2) is 7.54. The van der Waals surface area contributed by atoms with Crippen LogP contribution in [-0.4, -0.2) is 23.4 Å². The molecule has 0 unspecified atom stereocenters. The molecule has 3 nitrogen and oxygen atoms in total. The highest BCUT2D eigenvalue weighted by Gasteiger charge is 2.16. The Labute approximate surface area is 113 Å². The summed E-state index contributed by atoms with van der Waals surface area (Å²) in [6.45, 7) is 4.76. The third kappa shape index (κ3) is 4.54. The lowest BCUT2D eigenvalue weighted by Gasteiger charge is -2.23. The van der Waals surface area contributed by atoms with Crippen LogP contribution in [0.25, 0.3) is 0 Å². The van der Waals surface area contributed by atoms with Gasteiger partial charge in [0.2, 0.25) is 5.91 Å². The zero-order valence-electron chi connectivity index (χ0n) is 10.0. The maximum Gasteiger partial charge on any atom is 0.239 e. The van der Waals surface area contributed by atoms with Crippen LogP contribution < -0.4 is 5.73 Å². The maximum absolute atomic E-state index is 11.7. The predicted octanol–water partition coefficient (Wildman–Crippen LogP) is 2.46. The first-order valence-corrected chi connectivity index (χ1v) is 5.71. The number of hydrogen-bond acceptors (Lipinski definition) is 2. The van der Waals surface area contributed by atoms with E-state index >= 15 is 0 Å². The fourth-order valence-electron chi connectivity index (χ4n) is 1.47. The molecule has 0 aliphatic rings. The van der Waals surface area contributed by atoms with Gasteiger partial charge in [-0.25, -0.2) is 0 Å². The molecule has 0 spiro atoms. The van der Waals surface area contributed by atoms with Crippen LogP contribution in [-0.2, 0) is 11.3 Å². The van der Waals surface area contributed by atoms with Crippen molar-refractivity contribution in [3.63, 3.8) is 0 Å². The number of nitrogens with zero attached hydrogens (tertiary/aromatic N) is 1. The van der Waals surface area contributed by atoms with Crippen molar-refractivity contribution >= 4 is 29.9 Å². The molecular weight excluding hydrogens is 259 g/mol. The molecule has 96 valence electrons. The maximum atomic E-state index is 11.7. The summed E-state index contributed by atoms with van der Waals surface area (Å²) in [6.07, 6.45) is 0. The highest BCUT2D eigenvalue weighted by molar-refractivity contribution is 6.31. The molecule has 0 aromatic heterocycles. The number of carbonyl (C=O) groups is 1. The van der Waals surface area contributed by atoms with E-state index in [-0.39, 0.29) is 18.3 Å². The Hall–Kier alpha value is -0.770. The topological polar surface area (TPSA) is 46.3 Å². The van der Waals surface area contributed by atoms with E-state index in [4.69, 9.17) is 17.3 Å². The lowest BCUT2D eigenvalue weighted by molar-refractivity contribution is -0.132. The van der Waals surface area contributed by atoms with Gasteiger partial charge >= 0.3 is 0 Å². The average Bonchev–Trinajstić information content (AvgIpc) is 2.27. The van der Waals surface area contributed by atoms with Crippen molar-refractivity contribution in [2.75, 3.05) is 6.54 Å². The van der Waals surface area contributed by atoms with E-state index in [1.807, 2.05) is 31.2 Å². The SMILES string of the molecule is CCN(Cc1ccccc1Cl)C(=O)[C@H](C)N.Cl. The van der Waals surface area contributed by atoms with Crippen molar-refractivity contribution in [2.45, 2.75) is 26.4 Å². The number of benzene rings is 1. The summed E-state index contributed by atoms with van der Waals surface area (Å²) >= 11 is 6.04. The highest BCUT2D eigenvalue weighted by atomic mass is 35.5. The highest BCUT2D eigenvalue weighted by Crippen LogP contribution is 2.17. The number of rotatable bonds is 4. The number of hydrogen-bond donors (Lipinski definition) is 1. The number of nitrogens with two attached hydrogens (primary N) is 1. The smallest absolute Gasteiger partial charge is 0.239 e. The molecule has 1 aromatic carbocycles. The van der Waals surface area contributed by atoms with Gasteiger partial charge in [-0.1, -0.05) is 29.8 Å². The van der Waals surface area contributed by atoms with E-state index in [1.54, 1.807) is 11.8 Å². The summed E-state index contributed by atoms with van der Waals surface area (Å²) < 4.78 is 0. The van der Waals surface area contributed by atoms with Crippen LogP contribution in [0.2, 0.25) is 5.02 Å². The van der Waals surface area contributed by atoms with Crippen LogP contribution in [0.1, 0.15) is 19.4 Å². The Morgan fingerprint density at radius 2 is 2.06 bits per heavy atom. The molecule has 17 heavy (non-hydrogen) atoms. The van der Waals surface area contributed by atoms with Crippen LogP contribution in [0.5, 0.6) is 0 Å². The van der Waals surface area contributed by atoms with Gasteiger partial charge in [-0.05, 0) is 25.5 Å². The third-order valence-corrected chi connectivity index (χ3v) is 2.77. The fraction of sp³-hybridized carbons (Fsp3) is 0.417. The van der Waals surface area contributed by atoms with Crippen molar-refractivity contribution in [1.29, 1.82) is 0 Å². The molecule has 1 aromatic rings. The first kappa shape index (κ1) is 16.2. The van der Waals surface area contributed by atoms with Gasteiger partial charge in [-0.3, -0.25) is 4.79 Å². The number of likely N-dealkylation sites (N-methyl/N-ethyl adjacent to an activating group) is 1. The summed E-state index contributed by atoms with van der Waals surface area (Å²) in [4.78, 5) is 13.4. The van der Waals surface area contributed by atoms with Gasteiger partial charge in [-0.2, -0.15) is 0 Å². The Bertz CT molecular complexity index is 369. The van der Waals surface area contributed by atoms with Crippen LogP contribution in [0.4, 0.5) is 0 Å². The van der Waals surface area contributed by atoms with Crippen molar-refractivity contribution in [3.8, 4) is 0 Å². The van der Waals surface area contributed by atoms with Crippen molar-refractivity contribution in [2.24, 2.45) is 5.73 Å². The standard InChI is InChI=1S/C12H17ClN2O.ClH/c1-3-15(12(16)9(2)14)8-10-6-4-5-7-11(10)13;/h4-7,9H,3,8,14H2,1-2H3;1H/t9-;/m0./s1.